The second kappa shape index (κ2) is 9.74. The number of anilines is 1. The number of nitrogens with zero attached hydrogens (tertiary/aromatic N) is 2. The number of hydrogen-bond donors (Lipinski definition) is 2. The Morgan fingerprint density at radius 1 is 1.18 bits per heavy atom. The summed E-state index contributed by atoms with van der Waals surface area (Å²) in [5.74, 6) is 1.58. The van der Waals surface area contributed by atoms with Crippen LogP contribution >= 0.6 is 0 Å². The topological polar surface area (TPSA) is 59.1 Å². The molecular weight excluding hydrogens is 276 g/mol. The molecule has 5 nitrogen and oxygen atoms in total. The molecule has 0 atom stereocenters. The van der Waals surface area contributed by atoms with Gasteiger partial charge in [0.2, 0.25) is 0 Å². The highest BCUT2D eigenvalue weighted by Gasteiger charge is 2.17. The first kappa shape index (κ1) is 17.2. The van der Waals surface area contributed by atoms with Crippen molar-refractivity contribution in [2.24, 2.45) is 0 Å². The van der Waals surface area contributed by atoms with E-state index in [-0.39, 0.29) is 0 Å². The van der Waals surface area contributed by atoms with Crippen LogP contribution in [0.25, 0.3) is 0 Å². The Hall–Kier alpha value is -1.20. The Morgan fingerprint density at radius 2 is 1.91 bits per heavy atom. The molecule has 1 saturated carbocycles. The van der Waals surface area contributed by atoms with Gasteiger partial charge in [-0.3, -0.25) is 0 Å². The highest BCUT2D eigenvalue weighted by molar-refractivity contribution is 5.42. The lowest BCUT2D eigenvalue weighted by Gasteiger charge is -2.21. The Balaban J connectivity index is 0.000000246. The highest BCUT2D eigenvalue weighted by atomic mass is 16.5. The molecule has 2 fully saturated rings. The van der Waals surface area contributed by atoms with Crippen molar-refractivity contribution in [3.63, 3.8) is 0 Å². The second-order valence-electron chi connectivity index (χ2n) is 6.03. The molecule has 1 aliphatic carbocycles. The molecule has 22 heavy (non-hydrogen) atoms. The Morgan fingerprint density at radius 3 is 2.41 bits per heavy atom. The lowest BCUT2D eigenvalue weighted by Crippen LogP contribution is -2.30. The molecule has 2 N–H and O–H groups in total. The third-order valence-corrected chi connectivity index (χ3v) is 4.22. The van der Waals surface area contributed by atoms with Crippen molar-refractivity contribution in [2.75, 3.05) is 38.2 Å². The number of aromatic nitrogens is 2. The van der Waals surface area contributed by atoms with Crippen LogP contribution in [0, 0.1) is 6.92 Å². The summed E-state index contributed by atoms with van der Waals surface area (Å²) in [6.45, 7) is 8.92. The third kappa shape index (κ3) is 5.54. The average Bonchev–Trinajstić information content (AvgIpc) is 2.60. The quantitative estimate of drug-likeness (QED) is 0.899. The largest absolute Gasteiger partial charge is 0.379 e. The van der Waals surface area contributed by atoms with Gasteiger partial charge in [-0.2, -0.15) is 5.10 Å². The molecule has 1 saturated heterocycles. The van der Waals surface area contributed by atoms with Crippen LogP contribution in [0.4, 0.5) is 5.82 Å². The van der Waals surface area contributed by atoms with E-state index >= 15 is 0 Å². The van der Waals surface area contributed by atoms with Crippen molar-refractivity contribution in [1.82, 2.24) is 15.5 Å². The lowest BCUT2D eigenvalue weighted by atomic mass is 9.86. The molecular formula is C17H30N4O. The van der Waals surface area contributed by atoms with Crippen molar-refractivity contribution in [2.45, 2.75) is 51.9 Å². The van der Waals surface area contributed by atoms with Gasteiger partial charge in [-0.15, -0.1) is 5.10 Å². The predicted molar refractivity (Wildman–Crippen MR) is 90.4 cm³/mol. The van der Waals surface area contributed by atoms with E-state index in [2.05, 4.69) is 40.7 Å². The molecule has 0 radical (unpaired) electrons. The first-order valence-corrected chi connectivity index (χ1v) is 8.67. The van der Waals surface area contributed by atoms with Gasteiger partial charge in [0.25, 0.3) is 0 Å². The van der Waals surface area contributed by atoms with Gasteiger partial charge < -0.3 is 15.4 Å². The number of rotatable bonds is 3. The zero-order valence-electron chi connectivity index (χ0n) is 14.0. The standard InChI is InChI=1S/C13H21N3.C4H9NO/c1-3-14-13-10(2)9-12(15-16-13)11-7-5-4-6-8-11;1-3-6-4-2-5-1/h9,11H,3-8H2,1-2H3,(H,14,16);5H,1-4H2. The van der Waals surface area contributed by atoms with Gasteiger partial charge in [-0.25, -0.2) is 0 Å². The zero-order chi connectivity index (χ0) is 15.6. The third-order valence-electron chi connectivity index (χ3n) is 4.22. The van der Waals surface area contributed by atoms with E-state index in [1.54, 1.807) is 0 Å². The van der Waals surface area contributed by atoms with Crippen LogP contribution in [0.15, 0.2) is 6.07 Å². The first-order valence-electron chi connectivity index (χ1n) is 8.67. The molecule has 2 aliphatic rings. The SMILES string of the molecule is C1COCCN1.CCNc1nnc(C2CCCCC2)cc1C. The van der Waals surface area contributed by atoms with E-state index in [1.165, 1.54) is 43.4 Å². The fourth-order valence-corrected chi connectivity index (χ4v) is 2.96. The minimum atomic E-state index is 0.649. The fourth-order valence-electron chi connectivity index (χ4n) is 2.96. The zero-order valence-corrected chi connectivity index (χ0v) is 14.0. The molecule has 1 aromatic heterocycles. The molecule has 1 aliphatic heterocycles. The van der Waals surface area contributed by atoms with Gasteiger partial charge in [0.05, 0.1) is 18.9 Å². The van der Waals surface area contributed by atoms with Gasteiger partial charge in [-0.1, -0.05) is 19.3 Å². The van der Waals surface area contributed by atoms with Gasteiger partial charge in [-0.05, 0) is 38.3 Å². The van der Waals surface area contributed by atoms with E-state index in [0.29, 0.717) is 5.92 Å². The number of morpholine rings is 1. The van der Waals surface area contributed by atoms with E-state index in [4.69, 9.17) is 4.74 Å². The highest BCUT2D eigenvalue weighted by Crippen LogP contribution is 2.31. The van der Waals surface area contributed by atoms with Crippen LogP contribution in [0.1, 0.15) is 56.2 Å². The first-order chi connectivity index (χ1) is 10.8. The Labute approximate surface area is 134 Å². The molecule has 2 heterocycles. The van der Waals surface area contributed by atoms with Gasteiger partial charge in [0, 0.05) is 25.6 Å². The summed E-state index contributed by atoms with van der Waals surface area (Å²) in [4.78, 5) is 0. The number of aryl methyl sites for hydroxylation is 1. The van der Waals surface area contributed by atoms with Crippen LogP contribution in [0.3, 0.4) is 0 Å². The number of hydrogen-bond acceptors (Lipinski definition) is 5. The van der Waals surface area contributed by atoms with E-state index in [1.807, 2.05) is 0 Å². The summed E-state index contributed by atoms with van der Waals surface area (Å²) in [6.07, 6.45) is 6.66. The minimum absolute atomic E-state index is 0.649. The summed E-state index contributed by atoms with van der Waals surface area (Å²) in [6, 6.07) is 2.21. The smallest absolute Gasteiger partial charge is 0.151 e. The molecule has 0 amide bonds. The molecule has 0 unspecified atom stereocenters. The maximum absolute atomic E-state index is 5.01. The molecule has 3 rings (SSSR count). The van der Waals surface area contributed by atoms with Crippen LogP contribution in [0.2, 0.25) is 0 Å². The Bertz CT molecular complexity index is 417. The second-order valence-corrected chi connectivity index (χ2v) is 6.03. The number of ether oxygens (including phenoxy) is 1. The average molecular weight is 306 g/mol. The van der Waals surface area contributed by atoms with Crippen molar-refractivity contribution in [3.8, 4) is 0 Å². The van der Waals surface area contributed by atoms with Crippen molar-refractivity contribution >= 4 is 5.82 Å². The van der Waals surface area contributed by atoms with Crippen molar-refractivity contribution in [1.29, 1.82) is 0 Å². The normalized spacial score (nSPS) is 19.2. The van der Waals surface area contributed by atoms with Crippen molar-refractivity contribution < 1.29 is 4.74 Å². The maximum atomic E-state index is 5.01. The maximum Gasteiger partial charge on any atom is 0.151 e. The summed E-state index contributed by atoms with van der Waals surface area (Å²) in [5.41, 5.74) is 2.41. The van der Waals surface area contributed by atoms with Gasteiger partial charge >= 0.3 is 0 Å². The summed E-state index contributed by atoms with van der Waals surface area (Å²) in [7, 11) is 0. The van der Waals surface area contributed by atoms with Crippen LogP contribution in [-0.2, 0) is 4.74 Å². The van der Waals surface area contributed by atoms with Crippen LogP contribution in [0.5, 0.6) is 0 Å². The Kier molecular flexibility index (Phi) is 7.60. The van der Waals surface area contributed by atoms with Gasteiger partial charge in [0.15, 0.2) is 5.82 Å². The summed E-state index contributed by atoms with van der Waals surface area (Å²) in [5, 5.41) is 15.0. The number of nitrogens with one attached hydrogen (secondary N) is 2. The molecule has 0 aromatic carbocycles. The van der Waals surface area contributed by atoms with Crippen molar-refractivity contribution in [3.05, 3.63) is 17.3 Å². The van der Waals surface area contributed by atoms with Crippen LogP contribution < -0.4 is 10.6 Å². The molecule has 5 heteroatoms. The molecule has 0 bridgehead atoms. The lowest BCUT2D eigenvalue weighted by molar-refractivity contribution is 0.109. The molecule has 1 aromatic rings. The van der Waals surface area contributed by atoms with Gasteiger partial charge in [0.1, 0.15) is 0 Å². The van der Waals surface area contributed by atoms with E-state index in [0.717, 1.165) is 38.7 Å². The van der Waals surface area contributed by atoms with Crippen LogP contribution in [-0.4, -0.2) is 43.0 Å². The monoisotopic (exact) mass is 306 g/mol. The molecule has 124 valence electrons. The summed E-state index contributed by atoms with van der Waals surface area (Å²) >= 11 is 0. The predicted octanol–water partition coefficient (Wildman–Crippen LogP) is 2.87. The van der Waals surface area contributed by atoms with E-state index < -0.39 is 0 Å². The fraction of sp³-hybridized carbons (Fsp3) is 0.765. The summed E-state index contributed by atoms with van der Waals surface area (Å²) < 4.78 is 5.01. The minimum Gasteiger partial charge on any atom is -0.379 e. The van der Waals surface area contributed by atoms with E-state index in [9.17, 15) is 0 Å². The molecule has 0 spiro atoms.